The van der Waals surface area contributed by atoms with Crippen molar-refractivity contribution in [1.29, 1.82) is 0 Å². The molecule has 1 aromatic rings. The maximum absolute atomic E-state index is 12.6. The Morgan fingerprint density at radius 2 is 1.77 bits per heavy atom. The van der Waals surface area contributed by atoms with E-state index in [4.69, 9.17) is 0 Å². The van der Waals surface area contributed by atoms with Gasteiger partial charge >= 0.3 is 5.97 Å². The molecule has 2 fully saturated rings. The molecule has 0 spiro atoms. The minimum Gasteiger partial charge on any atom is -0.508 e. The first-order chi connectivity index (χ1) is 12.5. The second-order valence-electron chi connectivity index (χ2n) is 7.48. The fourth-order valence-electron chi connectivity index (χ4n) is 4.23. The monoisotopic (exact) mass is 360 g/mol. The Bertz CT molecular complexity index is 634. The number of carbonyl (C=O) groups excluding carboxylic acids is 1. The predicted octanol–water partition coefficient (Wildman–Crippen LogP) is 2.68. The number of aromatic hydroxyl groups is 1. The molecule has 1 saturated carbocycles. The molecule has 1 amide bonds. The zero-order valence-electron chi connectivity index (χ0n) is 15.1. The summed E-state index contributed by atoms with van der Waals surface area (Å²) in [7, 11) is 0. The Hall–Kier alpha value is -2.08. The summed E-state index contributed by atoms with van der Waals surface area (Å²) in [5.74, 6) is -1.48. The molecule has 26 heavy (non-hydrogen) atoms. The SMILES string of the molecule is O=C(N[C@@H](C(=O)O)c1cccc(O)c1)C1CCN(C2CCCCC2)CC1. The molecule has 3 rings (SSSR count). The molecule has 0 aromatic heterocycles. The molecular formula is C20H28N2O4. The summed E-state index contributed by atoms with van der Waals surface area (Å²) in [4.78, 5) is 26.7. The van der Waals surface area contributed by atoms with Crippen LogP contribution in [-0.4, -0.2) is 46.1 Å². The van der Waals surface area contributed by atoms with Crippen molar-refractivity contribution < 1.29 is 19.8 Å². The van der Waals surface area contributed by atoms with Crippen molar-refractivity contribution in [3.63, 3.8) is 0 Å². The van der Waals surface area contributed by atoms with E-state index in [1.807, 2.05) is 0 Å². The van der Waals surface area contributed by atoms with E-state index >= 15 is 0 Å². The average Bonchev–Trinajstić information content (AvgIpc) is 2.66. The molecule has 0 radical (unpaired) electrons. The Kier molecular flexibility index (Phi) is 6.14. The lowest BCUT2D eigenvalue weighted by Crippen LogP contribution is -2.46. The molecule has 142 valence electrons. The van der Waals surface area contributed by atoms with E-state index in [-0.39, 0.29) is 17.6 Å². The molecule has 1 atom stereocenters. The van der Waals surface area contributed by atoms with Gasteiger partial charge in [0.25, 0.3) is 0 Å². The molecule has 1 aliphatic carbocycles. The third kappa shape index (κ3) is 4.55. The summed E-state index contributed by atoms with van der Waals surface area (Å²) >= 11 is 0. The second-order valence-corrected chi connectivity index (χ2v) is 7.48. The van der Waals surface area contributed by atoms with Crippen molar-refractivity contribution in [3.05, 3.63) is 29.8 Å². The number of nitrogens with one attached hydrogen (secondary N) is 1. The van der Waals surface area contributed by atoms with Gasteiger partial charge in [-0.2, -0.15) is 0 Å². The maximum atomic E-state index is 12.6. The zero-order chi connectivity index (χ0) is 18.5. The second kappa shape index (κ2) is 8.54. The van der Waals surface area contributed by atoms with Crippen LogP contribution in [0.25, 0.3) is 0 Å². The van der Waals surface area contributed by atoms with E-state index < -0.39 is 12.0 Å². The molecule has 1 saturated heterocycles. The first kappa shape index (κ1) is 18.7. The zero-order valence-corrected chi connectivity index (χ0v) is 15.1. The Labute approximate surface area is 154 Å². The summed E-state index contributed by atoms with van der Waals surface area (Å²) in [6.45, 7) is 1.82. The number of benzene rings is 1. The molecule has 2 aliphatic rings. The van der Waals surface area contributed by atoms with Gasteiger partial charge in [0, 0.05) is 12.0 Å². The van der Waals surface area contributed by atoms with Gasteiger partial charge in [-0.15, -0.1) is 0 Å². The van der Waals surface area contributed by atoms with Gasteiger partial charge in [-0.1, -0.05) is 31.4 Å². The minimum atomic E-state index is -1.13. The first-order valence-corrected chi connectivity index (χ1v) is 9.61. The lowest BCUT2D eigenvalue weighted by Gasteiger charge is -2.39. The fourth-order valence-corrected chi connectivity index (χ4v) is 4.23. The van der Waals surface area contributed by atoms with E-state index in [0.717, 1.165) is 25.9 Å². The van der Waals surface area contributed by atoms with Gasteiger partial charge in [0.1, 0.15) is 5.75 Å². The number of amides is 1. The van der Waals surface area contributed by atoms with E-state index in [1.165, 1.54) is 44.2 Å². The minimum absolute atomic E-state index is 0.0104. The predicted molar refractivity (Wildman–Crippen MR) is 97.8 cm³/mol. The third-order valence-corrected chi connectivity index (χ3v) is 5.73. The van der Waals surface area contributed by atoms with Crippen LogP contribution in [0.15, 0.2) is 24.3 Å². The topological polar surface area (TPSA) is 89.9 Å². The molecule has 3 N–H and O–H groups in total. The quantitative estimate of drug-likeness (QED) is 0.751. The van der Waals surface area contributed by atoms with Crippen molar-refractivity contribution >= 4 is 11.9 Å². The summed E-state index contributed by atoms with van der Waals surface area (Å²) in [5, 5.41) is 21.7. The number of aliphatic carboxylic acids is 1. The largest absolute Gasteiger partial charge is 0.508 e. The van der Waals surface area contributed by atoms with Crippen molar-refractivity contribution in [2.45, 2.75) is 57.0 Å². The lowest BCUT2D eigenvalue weighted by molar-refractivity contribution is -0.143. The number of phenolic OH excluding ortho intramolecular Hbond substituents is 1. The average molecular weight is 360 g/mol. The van der Waals surface area contributed by atoms with Crippen LogP contribution in [0.2, 0.25) is 0 Å². The number of likely N-dealkylation sites (tertiary alicyclic amines) is 1. The van der Waals surface area contributed by atoms with Crippen LogP contribution in [0.3, 0.4) is 0 Å². The normalized spacial score (nSPS) is 21.2. The van der Waals surface area contributed by atoms with E-state index in [9.17, 15) is 19.8 Å². The van der Waals surface area contributed by atoms with Crippen LogP contribution in [0.4, 0.5) is 0 Å². The maximum Gasteiger partial charge on any atom is 0.330 e. The van der Waals surface area contributed by atoms with Gasteiger partial charge in [0.05, 0.1) is 0 Å². The summed E-state index contributed by atoms with van der Waals surface area (Å²) in [6, 6.07) is 5.56. The van der Waals surface area contributed by atoms with Crippen LogP contribution in [-0.2, 0) is 9.59 Å². The number of rotatable bonds is 5. The highest BCUT2D eigenvalue weighted by Gasteiger charge is 2.31. The van der Waals surface area contributed by atoms with Crippen LogP contribution in [0.1, 0.15) is 56.6 Å². The lowest BCUT2D eigenvalue weighted by atomic mass is 9.89. The Balaban J connectivity index is 1.56. The fraction of sp³-hybridized carbons (Fsp3) is 0.600. The number of nitrogens with zero attached hydrogens (tertiary/aromatic N) is 1. The summed E-state index contributed by atoms with van der Waals surface area (Å²) in [6.07, 6.45) is 8.00. The van der Waals surface area contributed by atoms with Gasteiger partial charge in [0.15, 0.2) is 6.04 Å². The van der Waals surface area contributed by atoms with Crippen LogP contribution < -0.4 is 5.32 Å². The molecular weight excluding hydrogens is 332 g/mol. The molecule has 1 heterocycles. The molecule has 1 aromatic carbocycles. The van der Waals surface area contributed by atoms with Gasteiger partial charge in [0.2, 0.25) is 5.91 Å². The van der Waals surface area contributed by atoms with Crippen LogP contribution >= 0.6 is 0 Å². The highest BCUT2D eigenvalue weighted by molar-refractivity contribution is 5.86. The highest BCUT2D eigenvalue weighted by Crippen LogP contribution is 2.28. The number of carbonyl (C=O) groups is 2. The summed E-state index contributed by atoms with van der Waals surface area (Å²) < 4.78 is 0. The number of carboxylic acid groups (broad SMARTS) is 1. The number of piperidine rings is 1. The first-order valence-electron chi connectivity index (χ1n) is 9.61. The highest BCUT2D eigenvalue weighted by atomic mass is 16.4. The third-order valence-electron chi connectivity index (χ3n) is 5.73. The number of phenols is 1. The van der Waals surface area contributed by atoms with Crippen molar-refractivity contribution in [2.75, 3.05) is 13.1 Å². The van der Waals surface area contributed by atoms with Crippen molar-refractivity contribution in [2.24, 2.45) is 5.92 Å². The van der Waals surface area contributed by atoms with Crippen molar-refractivity contribution in [3.8, 4) is 5.75 Å². The Morgan fingerprint density at radius 1 is 1.08 bits per heavy atom. The van der Waals surface area contributed by atoms with E-state index in [0.29, 0.717) is 11.6 Å². The van der Waals surface area contributed by atoms with Gasteiger partial charge in [-0.05, 0) is 56.5 Å². The Morgan fingerprint density at radius 3 is 2.38 bits per heavy atom. The van der Waals surface area contributed by atoms with Crippen LogP contribution in [0.5, 0.6) is 5.75 Å². The van der Waals surface area contributed by atoms with Gasteiger partial charge < -0.3 is 20.4 Å². The van der Waals surface area contributed by atoms with Gasteiger partial charge in [-0.25, -0.2) is 4.79 Å². The van der Waals surface area contributed by atoms with Crippen LogP contribution in [0, 0.1) is 5.92 Å². The summed E-state index contributed by atoms with van der Waals surface area (Å²) in [5.41, 5.74) is 0.380. The molecule has 6 heteroatoms. The number of carboxylic acids is 1. The molecule has 6 nitrogen and oxygen atoms in total. The molecule has 1 aliphatic heterocycles. The number of hydrogen-bond acceptors (Lipinski definition) is 4. The standard InChI is InChI=1S/C20H28N2O4/c23-17-8-4-5-15(13-17)18(20(25)26)21-19(24)14-9-11-22(12-10-14)16-6-2-1-3-7-16/h4-5,8,13-14,16,18,23H,1-3,6-7,9-12H2,(H,21,24)(H,25,26)/t18-/m1/s1. The van der Waals surface area contributed by atoms with Crippen molar-refractivity contribution in [1.82, 2.24) is 10.2 Å². The number of hydrogen-bond donors (Lipinski definition) is 3. The smallest absolute Gasteiger partial charge is 0.330 e. The molecule has 0 bridgehead atoms. The molecule has 0 unspecified atom stereocenters. The van der Waals surface area contributed by atoms with E-state index in [2.05, 4.69) is 10.2 Å². The van der Waals surface area contributed by atoms with E-state index in [1.54, 1.807) is 12.1 Å². The van der Waals surface area contributed by atoms with Gasteiger partial charge in [-0.3, -0.25) is 4.79 Å².